The molecule has 3 nitrogen and oxygen atoms in total. The van der Waals surface area contributed by atoms with Crippen LogP contribution in [0.5, 0.6) is 5.75 Å². The summed E-state index contributed by atoms with van der Waals surface area (Å²) < 4.78 is 5.34. The van der Waals surface area contributed by atoms with Crippen molar-refractivity contribution in [1.82, 2.24) is 10.3 Å². The van der Waals surface area contributed by atoms with Crippen molar-refractivity contribution in [1.29, 1.82) is 0 Å². The van der Waals surface area contributed by atoms with Gasteiger partial charge < -0.3 is 15.0 Å². The van der Waals surface area contributed by atoms with Gasteiger partial charge in [0.05, 0.1) is 7.11 Å². The largest absolute Gasteiger partial charge is 0.497 e. The van der Waals surface area contributed by atoms with Gasteiger partial charge in [-0.2, -0.15) is 0 Å². The van der Waals surface area contributed by atoms with E-state index in [2.05, 4.69) is 50.1 Å². The number of hydrogen-bond donors (Lipinski definition) is 2. The van der Waals surface area contributed by atoms with E-state index in [0.717, 1.165) is 12.3 Å². The third-order valence-corrected chi connectivity index (χ3v) is 3.36. The van der Waals surface area contributed by atoms with Crippen LogP contribution in [0.15, 0.2) is 12.1 Å². The van der Waals surface area contributed by atoms with Crippen LogP contribution in [0, 0.1) is 13.8 Å². The van der Waals surface area contributed by atoms with Crippen LogP contribution < -0.4 is 10.1 Å². The molecule has 0 amide bonds. The molecule has 0 aliphatic rings. The van der Waals surface area contributed by atoms with Crippen molar-refractivity contribution in [3.05, 3.63) is 29.0 Å². The molecule has 2 aromatic rings. The van der Waals surface area contributed by atoms with E-state index in [-0.39, 0.29) is 0 Å². The highest BCUT2D eigenvalue weighted by atomic mass is 16.5. The highest BCUT2D eigenvalue weighted by molar-refractivity contribution is 5.88. The summed E-state index contributed by atoms with van der Waals surface area (Å²) >= 11 is 0. The molecule has 1 aromatic heterocycles. The van der Waals surface area contributed by atoms with E-state index >= 15 is 0 Å². The van der Waals surface area contributed by atoms with Crippen molar-refractivity contribution in [2.75, 3.05) is 7.11 Å². The molecular weight excluding hydrogens is 224 g/mol. The van der Waals surface area contributed by atoms with E-state index in [0.29, 0.717) is 6.04 Å². The van der Waals surface area contributed by atoms with Crippen molar-refractivity contribution >= 4 is 10.9 Å². The summed E-state index contributed by atoms with van der Waals surface area (Å²) in [5.41, 5.74) is 5.01. The van der Waals surface area contributed by atoms with E-state index in [9.17, 15) is 0 Å². The quantitative estimate of drug-likeness (QED) is 0.868. The second kappa shape index (κ2) is 5.02. The second-order valence-corrected chi connectivity index (χ2v) is 5.13. The summed E-state index contributed by atoms with van der Waals surface area (Å²) in [7, 11) is 1.71. The molecule has 0 fully saturated rings. The zero-order valence-corrected chi connectivity index (χ0v) is 11.8. The molecule has 2 N–H and O–H groups in total. The normalized spacial score (nSPS) is 11.4. The van der Waals surface area contributed by atoms with Crippen LogP contribution in [-0.2, 0) is 6.54 Å². The van der Waals surface area contributed by atoms with E-state index in [1.54, 1.807) is 7.11 Å². The molecular formula is C15H22N2O. The predicted molar refractivity (Wildman–Crippen MR) is 76.3 cm³/mol. The first-order valence-corrected chi connectivity index (χ1v) is 6.42. The number of ether oxygens (including phenoxy) is 1. The Balaban J connectivity index is 2.45. The molecule has 0 aliphatic heterocycles. The van der Waals surface area contributed by atoms with Crippen molar-refractivity contribution in [3.8, 4) is 5.75 Å². The third-order valence-electron chi connectivity index (χ3n) is 3.36. The molecule has 0 aliphatic carbocycles. The van der Waals surface area contributed by atoms with Crippen LogP contribution in [0.2, 0.25) is 0 Å². The summed E-state index contributed by atoms with van der Waals surface area (Å²) in [6, 6.07) is 4.66. The zero-order chi connectivity index (χ0) is 13.3. The summed E-state index contributed by atoms with van der Waals surface area (Å²) in [6.07, 6.45) is 0. The van der Waals surface area contributed by atoms with Crippen LogP contribution in [0.4, 0.5) is 0 Å². The predicted octanol–water partition coefficient (Wildman–Crippen LogP) is 3.29. The first-order chi connectivity index (χ1) is 8.52. The molecule has 1 heterocycles. The minimum absolute atomic E-state index is 0.492. The lowest BCUT2D eigenvalue weighted by molar-refractivity contribution is 0.415. The molecule has 0 saturated heterocycles. The van der Waals surface area contributed by atoms with E-state index < -0.39 is 0 Å². The van der Waals surface area contributed by atoms with Gasteiger partial charge in [0.1, 0.15) is 5.75 Å². The van der Waals surface area contributed by atoms with Gasteiger partial charge in [0, 0.05) is 29.2 Å². The maximum absolute atomic E-state index is 5.34. The van der Waals surface area contributed by atoms with Gasteiger partial charge in [0.15, 0.2) is 0 Å². The Bertz CT molecular complexity index is 555. The molecule has 98 valence electrons. The molecule has 2 rings (SSSR count). The minimum Gasteiger partial charge on any atom is -0.497 e. The van der Waals surface area contributed by atoms with Gasteiger partial charge in [-0.25, -0.2) is 0 Å². The molecule has 0 radical (unpaired) electrons. The molecule has 18 heavy (non-hydrogen) atoms. The number of nitrogens with one attached hydrogen (secondary N) is 2. The van der Waals surface area contributed by atoms with Crippen LogP contribution in [-0.4, -0.2) is 18.1 Å². The SMILES string of the molecule is COc1cc(C)c2[nH]c(CNC(C)C)c(C)c2c1. The van der Waals surface area contributed by atoms with Gasteiger partial charge in [-0.3, -0.25) is 0 Å². The second-order valence-electron chi connectivity index (χ2n) is 5.13. The molecule has 0 unspecified atom stereocenters. The third kappa shape index (κ3) is 2.36. The average Bonchev–Trinajstić information content (AvgIpc) is 2.65. The Labute approximate surface area is 109 Å². The lowest BCUT2D eigenvalue weighted by Crippen LogP contribution is -2.22. The smallest absolute Gasteiger partial charge is 0.119 e. The lowest BCUT2D eigenvalue weighted by Gasteiger charge is -2.07. The van der Waals surface area contributed by atoms with Crippen LogP contribution in [0.1, 0.15) is 30.7 Å². The highest BCUT2D eigenvalue weighted by Crippen LogP contribution is 2.29. The molecule has 0 saturated carbocycles. The Morgan fingerprint density at radius 3 is 2.61 bits per heavy atom. The van der Waals surface area contributed by atoms with Gasteiger partial charge in [-0.05, 0) is 37.1 Å². The number of aryl methyl sites for hydroxylation is 2. The number of H-pyrrole nitrogens is 1. The highest BCUT2D eigenvalue weighted by Gasteiger charge is 2.11. The topological polar surface area (TPSA) is 37.0 Å². The average molecular weight is 246 g/mol. The summed E-state index contributed by atoms with van der Waals surface area (Å²) in [5, 5.41) is 4.71. The zero-order valence-electron chi connectivity index (χ0n) is 11.8. The Kier molecular flexibility index (Phi) is 3.62. The number of aromatic amines is 1. The number of benzene rings is 1. The number of hydrogen-bond acceptors (Lipinski definition) is 2. The van der Waals surface area contributed by atoms with Gasteiger partial charge in [-0.15, -0.1) is 0 Å². The van der Waals surface area contributed by atoms with Crippen LogP contribution in [0.3, 0.4) is 0 Å². The first kappa shape index (κ1) is 13.0. The number of methoxy groups -OCH3 is 1. The van der Waals surface area contributed by atoms with E-state index in [1.165, 1.54) is 27.7 Å². The minimum atomic E-state index is 0.492. The van der Waals surface area contributed by atoms with Crippen molar-refractivity contribution in [2.45, 2.75) is 40.3 Å². The fraction of sp³-hybridized carbons (Fsp3) is 0.467. The van der Waals surface area contributed by atoms with Crippen molar-refractivity contribution in [3.63, 3.8) is 0 Å². The van der Waals surface area contributed by atoms with Gasteiger partial charge in [0.25, 0.3) is 0 Å². The van der Waals surface area contributed by atoms with Crippen molar-refractivity contribution < 1.29 is 4.74 Å². The Morgan fingerprint density at radius 1 is 1.28 bits per heavy atom. The maximum atomic E-state index is 5.34. The summed E-state index contributed by atoms with van der Waals surface area (Å²) in [5.74, 6) is 0.922. The maximum Gasteiger partial charge on any atom is 0.119 e. The fourth-order valence-corrected chi connectivity index (χ4v) is 2.22. The monoisotopic (exact) mass is 246 g/mol. The van der Waals surface area contributed by atoms with Gasteiger partial charge in [-0.1, -0.05) is 13.8 Å². The number of fused-ring (bicyclic) bond motifs is 1. The molecule has 0 spiro atoms. The molecule has 3 heteroatoms. The molecule has 1 aromatic carbocycles. The Morgan fingerprint density at radius 2 is 2.00 bits per heavy atom. The summed E-state index contributed by atoms with van der Waals surface area (Å²) in [6.45, 7) is 9.47. The molecule has 0 bridgehead atoms. The molecule has 0 atom stereocenters. The Hall–Kier alpha value is -1.48. The first-order valence-electron chi connectivity index (χ1n) is 6.42. The van der Waals surface area contributed by atoms with E-state index in [4.69, 9.17) is 4.74 Å². The van der Waals surface area contributed by atoms with Crippen molar-refractivity contribution in [2.24, 2.45) is 0 Å². The van der Waals surface area contributed by atoms with Crippen LogP contribution >= 0.6 is 0 Å². The van der Waals surface area contributed by atoms with E-state index in [1.807, 2.05) is 0 Å². The summed E-state index contributed by atoms with van der Waals surface area (Å²) in [4.78, 5) is 3.52. The van der Waals surface area contributed by atoms with Crippen LogP contribution in [0.25, 0.3) is 10.9 Å². The number of aromatic nitrogens is 1. The van der Waals surface area contributed by atoms with Gasteiger partial charge >= 0.3 is 0 Å². The fourth-order valence-electron chi connectivity index (χ4n) is 2.22. The number of rotatable bonds is 4. The lowest BCUT2D eigenvalue weighted by atomic mass is 10.1. The van der Waals surface area contributed by atoms with Gasteiger partial charge in [0.2, 0.25) is 0 Å². The standard InChI is InChI=1S/C15H22N2O/c1-9(2)16-8-14-11(4)13-7-12(18-5)6-10(3)15(13)17-14/h6-7,9,16-17H,8H2,1-5H3.